The van der Waals surface area contributed by atoms with Crippen LogP contribution in [-0.2, 0) is 0 Å². The Bertz CT molecular complexity index is 1550. The normalized spacial score (nSPS) is 11.1. The van der Waals surface area contributed by atoms with Crippen LogP contribution < -0.4 is 5.73 Å². The predicted octanol–water partition coefficient (Wildman–Crippen LogP) is 5.16. The molecule has 2 aromatic carbocycles. The summed E-state index contributed by atoms with van der Waals surface area (Å²) in [7, 11) is 0. The monoisotopic (exact) mass is 461 g/mol. The van der Waals surface area contributed by atoms with Gasteiger partial charge in [-0.05, 0) is 53.6 Å². The van der Waals surface area contributed by atoms with Crippen LogP contribution in [0.3, 0.4) is 0 Å². The summed E-state index contributed by atoms with van der Waals surface area (Å²) in [6.45, 7) is 0. The van der Waals surface area contributed by atoms with Gasteiger partial charge in [0.1, 0.15) is 17.3 Å². The zero-order valence-corrected chi connectivity index (χ0v) is 17.6. The lowest BCUT2D eigenvalue weighted by Gasteiger charge is -2.09. The number of carbonyl (C=O) groups is 1. The van der Waals surface area contributed by atoms with Crippen molar-refractivity contribution in [3.8, 4) is 33.6 Å². The minimum absolute atomic E-state index is 0.0824. The van der Waals surface area contributed by atoms with E-state index in [9.17, 15) is 13.6 Å². The minimum Gasteiger partial charge on any atom is -0.366 e. The average molecular weight is 462 g/mol. The second-order valence-electron chi connectivity index (χ2n) is 7.22. The molecule has 6 nitrogen and oxygen atoms in total. The molecule has 0 atom stereocenters. The van der Waals surface area contributed by atoms with Gasteiger partial charge in [0.25, 0.3) is 5.91 Å². The molecule has 3 heterocycles. The molecule has 5 rings (SSSR count). The molecule has 0 saturated carbocycles. The Morgan fingerprint density at radius 3 is 2.61 bits per heavy atom. The summed E-state index contributed by atoms with van der Waals surface area (Å²) in [4.78, 5) is 19.8. The molecule has 0 bridgehead atoms. The fourth-order valence-electron chi connectivity index (χ4n) is 3.74. The molecule has 0 aliphatic heterocycles. The SMILES string of the molecule is NC(=O)c1cc(F)cc(-c2cccc(-c3nn4ccccc4c3-c3ccnc(Cl)n3)c2)c1F. The van der Waals surface area contributed by atoms with Crippen molar-refractivity contribution in [1.82, 2.24) is 19.6 Å². The van der Waals surface area contributed by atoms with Crippen molar-refractivity contribution >= 4 is 23.0 Å². The van der Waals surface area contributed by atoms with Gasteiger partial charge < -0.3 is 5.73 Å². The average Bonchev–Trinajstić information content (AvgIpc) is 3.20. The fraction of sp³-hybridized carbons (Fsp3) is 0. The maximum atomic E-state index is 15.0. The van der Waals surface area contributed by atoms with E-state index in [1.165, 1.54) is 0 Å². The second kappa shape index (κ2) is 8.07. The van der Waals surface area contributed by atoms with Gasteiger partial charge in [0.2, 0.25) is 5.28 Å². The summed E-state index contributed by atoms with van der Waals surface area (Å²) in [6, 6.07) is 15.9. The van der Waals surface area contributed by atoms with Crippen LogP contribution in [0.1, 0.15) is 10.4 Å². The number of aromatic nitrogens is 4. The number of pyridine rings is 1. The standard InChI is InChI=1S/C24H14ClF2N5O/c25-24-29-8-7-18(30-24)20-19-6-1-2-9-32(19)31-22(20)14-5-3-4-13(10-14)16-11-15(26)12-17(21(16)27)23(28)33/h1-12H,(H2,28,33). The highest BCUT2D eigenvalue weighted by Crippen LogP contribution is 2.36. The van der Waals surface area contributed by atoms with Crippen molar-refractivity contribution in [2.24, 2.45) is 5.73 Å². The first-order valence-corrected chi connectivity index (χ1v) is 10.2. The Morgan fingerprint density at radius 1 is 1.00 bits per heavy atom. The van der Waals surface area contributed by atoms with Crippen LogP contribution in [0.15, 0.2) is 73.1 Å². The number of halogens is 3. The van der Waals surface area contributed by atoms with Crippen LogP contribution in [0, 0.1) is 11.6 Å². The lowest BCUT2D eigenvalue weighted by molar-refractivity contribution is 0.0996. The lowest BCUT2D eigenvalue weighted by Crippen LogP contribution is -2.14. The molecule has 0 spiro atoms. The summed E-state index contributed by atoms with van der Waals surface area (Å²) < 4.78 is 30.8. The van der Waals surface area contributed by atoms with Gasteiger partial charge in [0.15, 0.2) is 0 Å². The van der Waals surface area contributed by atoms with Gasteiger partial charge in [0.05, 0.1) is 22.3 Å². The van der Waals surface area contributed by atoms with Gasteiger partial charge >= 0.3 is 0 Å². The first-order chi connectivity index (χ1) is 15.9. The van der Waals surface area contributed by atoms with Crippen molar-refractivity contribution in [2.75, 3.05) is 0 Å². The van der Waals surface area contributed by atoms with E-state index < -0.39 is 23.1 Å². The predicted molar refractivity (Wildman–Crippen MR) is 121 cm³/mol. The summed E-state index contributed by atoms with van der Waals surface area (Å²) in [5.74, 6) is -2.71. The molecule has 3 aromatic heterocycles. The molecule has 0 saturated heterocycles. The quantitative estimate of drug-likeness (QED) is 0.375. The number of primary amides is 1. The summed E-state index contributed by atoms with van der Waals surface area (Å²) >= 11 is 6.02. The van der Waals surface area contributed by atoms with Gasteiger partial charge in [-0.2, -0.15) is 5.10 Å². The van der Waals surface area contributed by atoms with E-state index in [4.69, 9.17) is 17.3 Å². The van der Waals surface area contributed by atoms with E-state index in [0.717, 1.165) is 17.6 Å². The largest absolute Gasteiger partial charge is 0.366 e. The number of rotatable bonds is 4. The third kappa shape index (κ3) is 3.70. The molecule has 162 valence electrons. The Morgan fingerprint density at radius 2 is 1.82 bits per heavy atom. The van der Waals surface area contributed by atoms with Gasteiger partial charge in [0, 0.05) is 23.5 Å². The van der Waals surface area contributed by atoms with Crippen LogP contribution in [0.25, 0.3) is 39.2 Å². The molecule has 2 N–H and O–H groups in total. The molecule has 5 aromatic rings. The van der Waals surface area contributed by atoms with Gasteiger partial charge in [-0.1, -0.05) is 24.3 Å². The summed E-state index contributed by atoms with van der Waals surface area (Å²) in [6.07, 6.45) is 3.34. The summed E-state index contributed by atoms with van der Waals surface area (Å²) in [5.41, 5.74) is 8.20. The van der Waals surface area contributed by atoms with E-state index in [-0.39, 0.29) is 10.8 Å². The number of carbonyl (C=O) groups excluding carboxylic acids is 1. The molecule has 1 amide bonds. The van der Waals surface area contributed by atoms with Crippen LogP contribution in [0.5, 0.6) is 0 Å². The van der Waals surface area contributed by atoms with Crippen molar-refractivity contribution < 1.29 is 13.6 Å². The first-order valence-electron chi connectivity index (χ1n) is 9.78. The third-order valence-electron chi connectivity index (χ3n) is 5.17. The lowest BCUT2D eigenvalue weighted by atomic mass is 9.97. The highest BCUT2D eigenvalue weighted by Gasteiger charge is 2.20. The van der Waals surface area contributed by atoms with Crippen LogP contribution >= 0.6 is 11.6 Å². The Labute approximate surface area is 191 Å². The third-order valence-corrected chi connectivity index (χ3v) is 5.35. The molecular weight excluding hydrogens is 448 g/mol. The Balaban J connectivity index is 1.74. The fourth-order valence-corrected chi connectivity index (χ4v) is 3.89. The van der Waals surface area contributed by atoms with E-state index in [1.807, 2.05) is 18.2 Å². The zero-order chi connectivity index (χ0) is 23.1. The van der Waals surface area contributed by atoms with Gasteiger partial charge in [-0.3, -0.25) is 4.79 Å². The van der Waals surface area contributed by atoms with Gasteiger partial charge in [-0.25, -0.2) is 23.3 Å². The van der Waals surface area contributed by atoms with E-state index >= 15 is 0 Å². The number of benzene rings is 2. The molecule has 0 radical (unpaired) electrons. The first kappa shape index (κ1) is 20.7. The highest BCUT2D eigenvalue weighted by atomic mass is 35.5. The topological polar surface area (TPSA) is 86.2 Å². The number of hydrogen-bond donors (Lipinski definition) is 1. The maximum Gasteiger partial charge on any atom is 0.251 e. The van der Waals surface area contributed by atoms with E-state index in [1.54, 1.807) is 47.2 Å². The van der Waals surface area contributed by atoms with Crippen LogP contribution in [0.2, 0.25) is 5.28 Å². The number of nitrogens with two attached hydrogens (primary N) is 1. The van der Waals surface area contributed by atoms with E-state index in [0.29, 0.717) is 28.1 Å². The molecule has 33 heavy (non-hydrogen) atoms. The Kier molecular flexibility index (Phi) is 5.07. The van der Waals surface area contributed by atoms with Crippen molar-refractivity contribution in [3.05, 3.63) is 95.5 Å². The van der Waals surface area contributed by atoms with Crippen molar-refractivity contribution in [2.45, 2.75) is 0 Å². The molecule has 0 fully saturated rings. The second-order valence-corrected chi connectivity index (χ2v) is 7.56. The smallest absolute Gasteiger partial charge is 0.251 e. The molecule has 0 unspecified atom stereocenters. The highest BCUT2D eigenvalue weighted by molar-refractivity contribution is 6.28. The number of fused-ring (bicyclic) bond motifs is 1. The van der Waals surface area contributed by atoms with Gasteiger partial charge in [-0.15, -0.1) is 0 Å². The van der Waals surface area contributed by atoms with Crippen molar-refractivity contribution in [3.63, 3.8) is 0 Å². The molecule has 9 heteroatoms. The van der Waals surface area contributed by atoms with Crippen LogP contribution in [0.4, 0.5) is 8.78 Å². The number of hydrogen-bond acceptors (Lipinski definition) is 4. The van der Waals surface area contributed by atoms with Crippen molar-refractivity contribution in [1.29, 1.82) is 0 Å². The number of nitrogens with zero attached hydrogens (tertiary/aromatic N) is 4. The maximum absolute atomic E-state index is 15.0. The minimum atomic E-state index is -1.05. The Hall–Kier alpha value is -4.17. The molecular formula is C24H14ClF2N5O. The van der Waals surface area contributed by atoms with E-state index in [2.05, 4.69) is 15.1 Å². The molecule has 0 aliphatic rings. The van der Waals surface area contributed by atoms with Crippen LogP contribution in [-0.4, -0.2) is 25.5 Å². The molecule has 0 aliphatic carbocycles. The zero-order valence-electron chi connectivity index (χ0n) is 16.8. The summed E-state index contributed by atoms with van der Waals surface area (Å²) in [5, 5.41) is 4.77. The number of amides is 1.